The molecular weight excluding hydrogens is 356 g/mol. The van der Waals surface area contributed by atoms with E-state index in [-0.39, 0.29) is 11.8 Å². The molecule has 2 aromatic rings. The van der Waals surface area contributed by atoms with Gasteiger partial charge in [-0.1, -0.05) is 12.1 Å². The predicted octanol–water partition coefficient (Wildman–Crippen LogP) is 1.74. The second kappa shape index (κ2) is 8.56. The first-order valence-electron chi connectivity index (χ1n) is 9.81. The summed E-state index contributed by atoms with van der Waals surface area (Å²) in [5.74, 6) is 1.67. The highest BCUT2D eigenvalue weighted by Gasteiger charge is 2.26. The topological polar surface area (TPSA) is 76.6 Å². The fraction of sp³-hybridized carbons (Fsp3) is 0.476. The Bertz CT molecular complexity index is 819. The van der Waals surface area contributed by atoms with Gasteiger partial charge >= 0.3 is 0 Å². The Morgan fingerprint density at radius 1 is 1.29 bits per heavy atom. The Morgan fingerprint density at radius 2 is 2.07 bits per heavy atom. The van der Waals surface area contributed by atoms with Gasteiger partial charge in [0.05, 0.1) is 20.3 Å². The van der Waals surface area contributed by atoms with Crippen LogP contribution in [-0.2, 0) is 28.9 Å². The summed E-state index contributed by atoms with van der Waals surface area (Å²) in [5, 5.41) is 3.06. The zero-order valence-corrected chi connectivity index (χ0v) is 16.2. The van der Waals surface area contributed by atoms with Crippen LogP contribution in [0.5, 0.6) is 5.75 Å². The van der Waals surface area contributed by atoms with E-state index in [0.717, 1.165) is 67.7 Å². The monoisotopic (exact) mass is 382 g/mol. The van der Waals surface area contributed by atoms with Gasteiger partial charge in [0, 0.05) is 37.4 Å². The smallest absolute Gasteiger partial charge is 0.225 e. The van der Waals surface area contributed by atoms with Crippen molar-refractivity contribution < 1.29 is 14.3 Å². The predicted molar refractivity (Wildman–Crippen MR) is 105 cm³/mol. The summed E-state index contributed by atoms with van der Waals surface area (Å²) in [5.41, 5.74) is 3.23. The van der Waals surface area contributed by atoms with Crippen molar-refractivity contribution in [2.45, 2.75) is 25.8 Å². The molecule has 0 spiro atoms. The van der Waals surface area contributed by atoms with E-state index in [9.17, 15) is 4.79 Å². The molecule has 0 unspecified atom stereocenters. The molecule has 148 valence electrons. The van der Waals surface area contributed by atoms with Crippen molar-refractivity contribution in [3.8, 4) is 5.75 Å². The highest BCUT2D eigenvalue weighted by Crippen LogP contribution is 2.26. The van der Waals surface area contributed by atoms with Gasteiger partial charge in [-0.15, -0.1) is 0 Å². The number of nitrogens with zero attached hydrogens (tertiary/aromatic N) is 3. The number of amides is 1. The third-order valence-electron chi connectivity index (χ3n) is 5.43. The molecule has 1 saturated heterocycles. The van der Waals surface area contributed by atoms with Crippen molar-refractivity contribution in [2.24, 2.45) is 5.92 Å². The molecule has 2 heterocycles. The lowest BCUT2D eigenvalue weighted by atomic mass is 9.86. The molecule has 0 saturated carbocycles. The van der Waals surface area contributed by atoms with Gasteiger partial charge in [0.15, 0.2) is 0 Å². The molecule has 1 aromatic heterocycles. The van der Waals surface area contributed by atoms with E-state index < -0.39 is 0 Å². The summed E-state index contributed by atoms with van der Waals surface area (Å²) < 4.78 is 10.6. The van der Waals surface area contributed by atoms with Gasteiger partial charge in [-0.3, -0.25) is 4.79 Å². The zero-order chi connectivity index (χ0) is 19.3. The van der Waals surface area contributed by atoms with Crippen molar-refractivity contribution in [3.05, 3.63) is 47.3 Å². The Morgan fingerprint density at radius 3 is 2.82 bits per heavy atom. The summed E-state index contributed by atoms with van der Waals surface area (Å²) in [6, 6.07) is 7.75. The van der Waals surface area contributed by atoms with Gasteiger partial charge in [0.2, 0.25) is 11.9 Å². The highest BCUT2D eigenvalue weighted by atomic mass is 16.5. The first-order chi connectivity index (χ1) is 13.7. The molecule has 1 fully saturated rings. The molecule has 1 aliphatic heterocycles. The minimum absolute atomic E-state index is 0.0245. The SMILES string of the molecule is COc1ccc(CNC(=O)[C@@H]2CCc3nc(N4CCOCC4)ncc3C2)cc1. The molecule has 0 bridgehead atoms. The molecule has 0 radical (unpaired) electrons. The van der Waals surface area contributed by atoms with Gasteiger partial charge in [-0.2, -0.15) is 0 Å². The van der Waals surface area contributed by atoms with Crippen LogP contribution in [0, 0.1) is 5.92 Å². The standard InChI is InChI=1S/C21H26N4O3/c1-27-18-5-2-15(3-6-18)13-22-20(26)16-4-7-19-17(12-16)14-23-21(24-19)25-8-10-28-11-9-25/h2-3,5-6,14,16H,4,7-13H2,1H3,(H,22,26)/t16-/m1/s1. The number of morpholine rings is 1. The molecule has 7 heteroatoms. The Balaban J connectivity index is 1.34. The molecule has 1 N–H and O–H groups in total. The van der Waals surface area contributed by atoms with Crippen LogP contribution in [0.4, 0.5) is 5.95 Å². The number of hydrogen-bond acceptors (Lipinski definition) is 6. The van der Waals surface area contributed by atoms with E-state index in [0.29, 0.717) is 13.0 Å². The molecule has 4 rings (SSSR count). The number of methoxy groups -OCH3 is 1. The van der Waals surface area contributed by atoms with Crippen molar-refractivity contribution >= 4 is 11.9 Å². The van der Waals surface area contributed by atoms with Crippen LogP contribution < -0.4 is 15.0 Å². The van der Waals surface area contributed by atoms with Gasteiger partial charge in [-0.05, 0) is 42.5 Å². The highest BCUT2D eigenvalue weighted by molar-refractivity contribution is 5.79. The number of carbonyl (C=O) groups excluding carboxylic acids is 1. The zero-order valence-electron chi connectivity index (χ0n) is 16.2. The van der Waals surface area contributed by atoms with E-state index in [2.05, 4.69) is 15.2 Å². The molecule has 1 aliphatic carbocycles. The number of nitrogens with one attached hydrogen (secondary N) is 1. The Kier molecular flexibility index (Phi) is 5.71. The number of ether oxygens (including phenoxy) is 2. The van der Waals surface area contributed by atoms with E-state index in [1.54, 1.807) is 7.11 Å². The quantitative estimate of drug-likeness (QED) is 0.849. The average Bonchev–Trinajstić information content (AvgIpc) is 2.77. The largest absolute Gasteiger partial charge is 0.497 e. The van der Waals surface area contributed by atoms with Crippen LogP contribution in [0.25, 0.3) is 0 Å². The lowest BCUT2D eigenvalue weighted by Crippen LogP contribution is -2.38. The van der Waals surface area contributed by atoms with E-state index in [1.165, 1.54) is 0 Å². The molecule has 1 atom stereocenters. The van der Waals surface area contributed by atoms with Gasteiger partial charge in [0.1, 0.15) is 5.75 Å². The molecule has 2 aliphatic rings. The summed E-state index contributed by atoms with van der Waals surface area (Å²) in [7, 11) is 1.64. The van der Waals surface area contributed by atoms with Gasteiger partial charge in [0.25, 0.3) is 0 Å². The fourth-order valence-electron chi connectivity index (χ4n) is 3.71. The van der Waals surface area contributed by atoms with Crippen molar-refractivity contribution in [2.75, 3.05) is 38.3 Å². The van der Waals surface area contributed by atoms with Crippen molar-refractivity contribution in [3.63, 3.8) is 0 Å². The number of aromatic nitrogens is 2. The lowest BCUT2D eigenvalue weighted by Gasteiger charge is -2.28. The fourth-order valence-corrected chi connectivity index (χ4v) is 3.71. The first kappa shape index (κ1) is 18.7. The van der Waals surface area contributed by atoms with Gasteiger partial charge in [-0.25, -0.2) is 9.97 Å². The maximum absolute atomic E-state index is 12.6. The lowest BCUT2D eigenvalue weighted by molar-refractivity contribution is -0.125. The van der Waals surface area contributed by atoms with E-state index in [1.807, 2.05) is 30.5 Å². The molecule has 28 heavy (non-hydrogen) atoms. The van der Waals surface area contributed by atoms with Crippen LogP contribution in [0.3, 0.4) is 0 Å². The second-order valence-electron chi connectivity index (χ2n) is 7.25. The number of fused-ring (bicyclic) bond motifs is 1. The van der Waals surface area contributed by atoms with E-state index in [4.69, 9.17) is 14.5 Å². The number of aryl methyl sites for hydroxylation is 1. The average molecular weight is 382 g/mol. The van der Waals surface area contributed by atoms with Crippen molar-refractivity contribution in [1.82, 2.24) is 15.3 Å². The van der Waals surface area contributed by atoms with E-state index >= 15 is 0 Å². The summed E-state index contributed by atoms with van der Waals surface area (Å²) in [6.07, 6.45) is 4.24. The Labute approximate surface area is 165 Å². The molecule has 1 aromatic carbocycles. The molecular formula is C21H26N4O3. The van der Waals surface area contributed by atoms with Crippen LogP contribution in [0.15, 0.2) is 30.5 Å². The maximum atomic E-state index is 12.6. The van der Waals surface area contributed by atoms with Crippen LogP contribution in [-0.4, -0.2) is 49.3 Å². The van der Waals surface area contributed by atoms with Crippen molar-refractivity contribution in [1.29, 1.82) is 0 Å². The first-order valence-corrected chi connectivity index (χ1v) is 9.81. The minimum atomic E-state index is -0.0245. The number of carbonyl (C=O) groups is 1. The summed E-state index contributed by atoms with van der Waals surface area (Å²) in [4.78, 5) is 24.1. The second-order valence-corrected chi connectivity index (χ2v) is 7.25. The molecule has 7 nitrogen and oxygen atoms in total. The summed E-state index contributed by atoms with van der Waals surface area (Å²) >= 11 is 0. The van der Waals surface area contributed by atoms with Crippen LogP contribution in [0.1, 0.15) is 23.2 Å². The third kappa shape index (κ3) is 4.25. The maximum Gasteiger partial charge on any atom is 0.225 e. The van der Waals surface area contributed by atoms with Crippen LogP contribution >= 0.6 is 0 Å². The third-order valence-corrected chi connectivity index (χ3v) is 5.43. The number of rotatable bonds is 5. The number of benzene rings is 1. The number of anilines is 1. The minimum Gasteiger partial charge on any atom is -0.497 e. The Hall–Kier alpha value is -2.67. The van der Waals surface area contributed by atoms with Crippen LogP contribution in [0.2, 0.25) is 0 Å². The van der Waals surface area contributed by atoms with Gasteiger partial charge < -0.3 is 19.7 Å². The molecule has 1 amide bonds. The summed E-state index contributed by atoms with van der Waals surface area (Å²) in [6.45, 7) is 3.62. The normalized spacial score (nSPS) is 19.0. The number of hydrogen-bond donors (Lipinski definition) is 1.